The molecule has 0 aromatic carbocycles. The Morgan fingerprint density at radius 3 is 2.27 bits per heavy atom. The van der Waals surface area contributed by atoms with Crippen LogP contribution in [0.5, 0.6) is 0 Å². The van der Waals surface area contributed by atoms with Gasteiger partial charge in [0.15, 0.2) is 0 Å². The molecule has 0 spiro atoms. The zero-order valence-corrected chi connectivity index (χ0v) is 9.39. The predicted molar refractivity (Wildman–Crippen MR) is 59.4 cm³/mol. The highest BCUT2D eigenvalue weighted by Crippen LogP contribution is 2.24. The molecule has 0 N–H and O–H groups in total. The van der Waals surface area contributed by atoms with Gasteiger partial charge >= 0.3 is 0 Å². The molecule has 0 heterocycles. The molecule has 0 nitrogen and oxygen atoms in total. The van der Waals surface area contributed by atoms with Crippen molar-refractivity contribution < 1.29 is 0 Å². The van der Waals surface area contributed by atoms with Crippen molar-refractivity contribution in [3.05, 3.63) is 0 Å². The monoisotopic (exact) mass is 192 g/mol. The first-order chi connectivity index (χ1) is 5.35. The summed E-state index contributed by atoms with van der Waals surface area (Å²) in [4.78, 5) is 0. The highest BCUT2D eigenvalue weighted by Gasteiger charge is 2.04. The maximum atomic E-state index is 4.27. The fourth-order valence-electron chi connectivity index (χ4n) is 1.19. The maximum Gasteiger partial charge on any atom is 0.0148 e. The fraction of sp³-hybridized carbons (Fsp3) is 1.00. The molecule has 0 saturated heterocycles. The summed E-state index contributed by atoms with van der Waals surface area (Å²) >= 11 is 4.27. The summed E-state index contributed by atoms with van der Waals surface area (Å²) in [5.74, 6) is 0. The number of unbranched alkanes of at least 4 members (excludes halogenated alkanes) is 2. The molecule has 0 rings (SSSR count). The minimum atomic E-state index is 0.801. The van der Waals surface area contributed by atoms with Crippen molar-refractivity contribution in [2.24, 2.45) is 0 Å². The van der Waals surface area contributed by atoms with Crippen LogP contribution in [-0.2, 0) is 0 Å². The van der Waals surface area contributed by atoms with Crippen LogP contribution in [-0.4, -0.2) is 5.25 Å². The molecule has 0 aliphatic carbocycles. The normalized spacial score (nSPS) is 13.4. The SMILES string of the molecule is CCCCCC(CCC)SS. The Bertz CT molecular complexity index is 74.0. The Kier molecular flexibility index (Phi) is 9.35. The average Bonchev–Trinajstić information content (AvgIpc) is 2.03. The first-order valence-electron chi connectivity index (χ1n) is 4.65. The lowest BCUT2D eigenvalue weighted by Crippen LogP contribution is -1.99. The molecule has 68 valence electrons. The summed E-state index contributed by atoms with van der Waals surface area (Å²) < 4.78 is 0. The molecule has 0 fully saturated rings. The highest BCUT2D eigenvalue weighted by atomic mass is 33.1. The van der Waals surface area contributed by atoms with Gasteiger partial charge in [0.05, 0.1) is 0 Å². The Labute approximate surface area is 80.3 Å². The van der Waals surface area contributed by atoms with Crippen LogP contribution in [0.1, 0.15) is 52.4 Å². The van der Waals surface area contributed by atoms with Crippen molar-refractivity contribution in [1.29, 1.82) is 0 Å². The third kappa shape index (κ3) is 7.07. The van der Waals surface area contributed by atoms with Gasteiger partial charge in [0.1, 0.15) is 0 Å². The van der Waals surface area contributed by atoms with Crippen LogP contribution in [0.25, 0.3) is 0 Å². The van der Waals surface area contributed by atoms with E-state index in [-0.39, 0.29) is 0 Å². The third-order valence-corrected chi connectivity index (χ3v) is 3.55. The molecule has 1 atom stereocenters. The number of thiol groups is 1. The summed E-state index contributed by atoms with van der Waals surface area (Å²) in [5, 5.41) is 0.801. The van der Waals surface area contributed by atoms with Crippen LogP contribution < -0.4 is 0 Å². The zero-order valence-electron chi connectivity index (χ0n) is 7.68. The molecule has 11 heavy (non-hydrogen) atoms. The molecule has 2 heteroatoms. The molecule has 0 amide bonds. The molecule has 0 bridgehead atoms. The molecule has 0 saturated carbocycles. The van der Waals surface area contributed by atoms with Crippen molar-refractivity contribution in [2.45, 2.75) is 57.6 Å². The minimum absolute atomic E-state index is 0.801. The summed E-state index contributed by atoms with van der Waals surface area (Å²) in [6, 6.07) is 0. The van der Waals surface area contributed by atoms with Gasteiger partial charge in [-0.25, -0.2) is 0 Å². The standard InChI is InChI=1S/C9H20S2/c1-3-5-6-8-9(11-10)7-4-2/h9-10H,3-8H2,1-2H3. The number of rotatable bonds is 7. The minimum Gasteiger partial charge on any atom is -0.111 e. The van der Waals surface area contributed by atoms with E-state index in [9.17, 15) is 0 Å². The van der Waals surface area contributed by atoms with E-state index in [0.717, 1.165) is 5.25 Å². The highest BCUT2D eigenvalue weighted by molar-refractivity contribution is 8.68. The smallest absolute Gasteiger partial charge is 0.0148 e. The van der Waals surface area contributed by atoms with Crippen molar-refractivity contribution in [3.8, 4) is 0 Å². The van der Waals surface area contributed by atoms with Crippen LogP contribution in [0, 0.1) is 0 Å². The van der Waals surface area contributed by atoms with Crippen molar-refractivity contribution in [3.63, 3.8) is 0 Å². The van der Waals surface area contributed by atoms with Gasteiger partial charge in [0, 0.05) is 5.25 Å². The molecular weight excluding hydrogens is 172 g/mol. The molecule has 0 radical (unpaired) electrons. The maximum absolute atomic E-state index is 4.27. The second-order valence-corrected chi connectivity index (χ2v) is 4.52. The van der Waals surface area contributed by atoms with Gasteiger partial charge in [-0.2, -0.15) is 0 Å². The molecule has 0 aliphatic rings. The summed E-state index contributed by atoms with van der Waals surface area (Å²) in [6.07, 6.45) is 8.08. The van der Waals surface area contributed by atoms with E-state index in [2.05, 4.69) is 25.5 Å². The van der Waals surface area contributed by atoms with Gasteiger partial charge in [0.25, 0.3) is 0 Å². The van der Waals surface area contributed by atoms with Gasteiger partial charge in [-0.1, -0.05) is 50.3 Å². The first-order valence-corrected chi connectivity index (χ1v) is 6.58. The van der Waals surface area contributed by atoms with E-state index in [1.165, 1.54) is 38.5 Å². The molecule has 1 unspecified atom stereocenters. The Morgan fingerprint density at radius 2 is 1.82 bits per heavy atom. The largest absolute Gasteiger partial charge is 0.111 e. The van der Waals surface area contributed by atoms with Crippen LogP contribution in [0.4, 0.5) is 0 Å². The van der Waals surface area contributed by atoms with Crippen molar-refractivity contribution in [2.75, 3.05) is 0 Å². The van der Waals surface area contributed by atoms with E-state index in [1.807, 2.05) is 0 Å². The quantitative estimate of drug-likeness (QED) is 0.356. The molecular formula is C9H20S2. The van der Waals surface area contributed by atoms with Gasteiger partial charge < -0.3 is 0 Å². The van der Waals surface area contributed by atoms with Crippen LogP contribution >= 0.6 is 22.5 Å². The van der Waals surface area contributed by atoms with Crippen molar-refractivity contribution in [1.82, 2.24) is 0 Å². The second-order valence-electron chi connectivity index (χ2n) is 3.01. The van der Waals surface area contributed by atoms with E-state index in [4.69, 9.17) is 0 Å². The Hall–Kier alpha value is 0.700. The molecule has 0 aromatic rings. The van der Waals surface area contributed by atoms with Gasteiger partial charge in [-0.15, -0.1) is 11.7 Å². The summed E-state index contributed by atoms with van der Waals surface area (Å²) in [5.41, 5.74) is 0. The lowest BCUT2D eigenvalue weighted by molar-refractivity contribution is 0.616. The zero-order chi connectivity index (χ0) is 8.53. The van der Waals surface area contributed by atoms with E-state index in [0.29, 0.717) is 0 Å². The number of hydrogen-bond donors (Lipinski definition) is 1. The van der Waals surface area contributed by atoms with Crippen LogP contribution in [0.15, 0.2) is 0 Å². The lowest BCUT2D eigenvalue weighted by Gasteiger charge is -2.10. The van der Waals surface area contributed by atoms with Gasteiger partial charge in [-0.05, 0) is 12.8 Å². The number of hydrogen-bond acceptors (Lipinski definition) is 2. The van der Waals surface area contributed by atoms with Gasteiger partial charge in [0.2, 0.25) is 0 Å². The average molecular weight is 192 g/mol. The van der Waals surface area contributed by atoms with E-state index >= 15 is 0 Å². The predicted octanol–water partition coefficient (Wildman–Crippen LogP) is 4.31. The topological polar surface area (TPSA) is 0 Å². The van der Waals surface area contributed by atoms with E-state index < -0.39 is 0 Å². The first kappa shape index (κ1) is 11.7. The van der Waals surface area contributed by atoms with Crippen molar-refractivity contribution >= 4 is 22.5 Å². The molecule has 0 aromatic heterocycles. The summed E-state index contributed by atoms with van der Waals surface area (Å²) in [6.45, 7) is 4.50. The second kappa shape index (κ2) is 8.79. The van der Waals surface area contributed by atoms with Crippen LogP contribution in [0.3, 0.4) is 0 Å². The lowest BCUT2D eigenvalue weighted by atomic mass is 10.1. The van der Waals surface area contributed by atoms with Crippen LogP contribution in [0.2, 0.25) is 0 Å². The van der Waals surface area contributed by atoms with E-state index in [1.54, 1.807) is 10.8 Å². The molecule has 0 aliphatic heterocycles. The summed E-state index contributed by atoms with van der Waals surface area (Å²) in [7, 11) is 1.74. The third-order valence-electron chi connectivity index (χ3n) is 1.89. The Balaban J connectivity index is 3.20. The Morgan fingerprint density at radius 1 is 1.09 bits per heavy atom. The van der Waals surface area contributed by atoms with Gasteiger partial charge in [-0.3, -0.25) is 0 Å². The fourth-order valence-corrected chi connectivity index (χ4v) is 2.44.